The van der Waals surface area contributed by atoms with E-state index in [9.17, 15) is 14.4 Å². The number of piperidine rings is 1. The van der Waals surface area contributed by atoms with Crippen molar-refractivity contribution in [2.75, 3.05) is 24.5 Å². The second-order valence-corrected chi connectivity index (χ2v) is 6.88. The van der Waals surface area contributed by atoms with Crippen LogP contribution in [0.2, 0.25) is 0 Å². The lowest BCUT2D eigenvalue weighted by molar-refractivity contribution is -0.136. The number of carbonyl (C=O) groups excluding carboxylic acids is 2. The van der Waals surface area contributed by atoms with E-state index < -0.39 is 11.9 Å². The summed E-state index contributed by atoms with van der Waals surface area (Å²) in [5.74, 6) is -0.781. The van der Waals surface area contributed by atoms with Gasteiger partial charge >= 0.3 is 0 Å². The van der Waals surface area contributed by atoms with Crippen molar-refractivity contribution in [2.45, 2.75) is 31.8 Å². The maximum atomic E-state index is 12.8. The average molecular weight is 355 g/mol. The molecule has 0 bridgehead atoms. The largest absolute Gasteiger partial charge is 0.366 e. The molecule has 0 aliphatic carbocycles. The van der Waals surface area contributed by atoms with Crippen LogP contribution in [-0.2, 0) is 9.59 Å². The molecule has 2 N–H and O–H groups in total. The summed E-state index contributed by atoms with van der Waals surface area (Å²) in [7, 11) is 0. The van der Waals surface area contributed by atoms with Gasteiger partial charge in [-0.25, -0.2) is 4.68 Å². The Morgan fingerprint density at radius 2 is 2.08 bits per heavy atom. The summed E-state index contributed by atoms with van der Waals surface area (Å²) in [4.78, 5) is 38.5. The van der Waals surface area contributed by atoms with Crippen molar-refractivity contribution in [3.05, 3.63) is 34.7 Å². The van der Waals surface area contributed by atoms with Crippen molar-refractivity contribution in [1.82, 2.24) is 20.4 Å². The van der Waals surface area contributed by atoms with Gasteiger partial charge in [0, 0.05) is 43.2 Å². The zero-order chi connectivity index (χ0) is 18.3. The SMILES string of the molecule is C[C@@H]1CNCCN1c1ccc2c(=O)n(C3CCC(=O)NC3=O)ncc2c1. The summed E-state index contributed by atoms with van der Waals surface area (Å²) in [5, 5.41) is 11.1. The Morgan fingerprint density at radius 3 is 2.85 bits per heavy atom. The number of rotatable bonds is 2. The number of imide groups is 1. The summed E-state index contributed by atoms with van der Waals surface area (Å²) in [6, 6.07) is 5.35. The van der Waals surface area contributed by atoms with Gasteiger partial charge in [0.2, 0.25) is 5.91 Å². The fourth-order valence-electron chi connectivity index (χ4n) is 3.69. The first kappa shape index (κ1) is 16.7. The summed E-state index contributed by atoms with van der Waals surface area (Å²) >= 11 is 0. The number of piperazine rings is 1. The molecule has 2 aliphatic rings. The predicted molar refractivity (Wildman–Crippen MR) is 97.1 cm³/mol. The smallest absolute Gasteiger partial charge is 0.275 e. The van der Waals surface area contributed by atoms with Crippen LogP contribution in [-0.4, -0.2) is 47.3 Å². The highest BCUT2D eigenvalue weighted by Gasteiger charge is 2.30. The van der Waals surface area contributed by atoms with Gasteiger partial charge in [-0.05, 0) is 31.5 Å². The molecule has 2 aliphatic heterocycles. The number of hydrogen-bond donors (Lipinski definition) is 2. The van der Waals surface area contributed by atoms with E-state index in [1.54, 1.807) is 12.3 Å². The quantitative estimate of drug-likeness (QED) is 0.746. The number of nitrogens with one attached hydrogen (secondary N) is 2. The molecule has 1 aromatic carbocycles. The topological polar surface area (TPSA) is 96.3 Å². The van der Waals surface area contributed by atoms with Crippen molar-refractivity contribution in [3.8, 4) is 0 Å². The summed E-state index contributed by atoms with van der Waals surface area (Å²) in [5.41, 5.74) is 0.753. The Labute approximate surface area is 150 Å². The molecule has 4 rings (SSSR count). The van der Waals surface area contributed by atoms with Crippen LogP contribution in [0.1, 0.15) is 25.8 Å². The summed E-state index contributed by atoms with van der Waals surface area (Å²) in [6.45, 7) is 4.92. The molecule has 2 amide bonds. The van der Waals surface area contributed by atoms with E-state index in [1.807, 2.05) is 12.1 Å². The van der Waals surface area contributed by atoms with Crippen molar-refractivity contribution >= 4 is 28.3 Å². The molecule has 0 saturated carbocycles. The van der Waals surface area contributed by atoms with E-state index in [4.69, 9.17) is 0 Å². The van der Waals surface area contributed by atoms with Crippen LogP contribution in [0.4, 0.5) is 5.69 Å². The van der Waals surface area contributed by atoms with Gasteiger partial charge in [-0.2, -0.15) is 5.10 Å². The molecule has 26 heavy (non-hydrogen) atoms. The molecule has 2 aromatic rings. The van der Waals surface area contributed by atoms with Crippen LogP contribution in [0.15, 0.2) is 29.2 Å². The monoisotopic (exact) mass is 355 g/mol. The van der Waals surface area contributed by atoms with E-state index in [1.165, 1.54) is 4.68 Å². The van der Waals surface area contributed by atoms with Crippen LogP contribution in [0, 0.1) is 0 Å². The Bertz CT molecular complexity index is 938. The number of hydrogen-bond acceptors (Lipinski definition) is 6. The number of anilines is 1. The molecule has 2 atom stereocenters. The molecule has 2 saturated heterocycles. The minimum Gasteiger partial charge on any atom is -0.366 e. The van der Waals surface area contributed by atoms with Crippen molar-refractivity contribution in [3.63, 3.8) is 0 Å². The minimum atomic E-state index is -0.738. The molecule has 136 valence electrons. The van der Waals surface area contributed by atoms with E-state index in [2.05, 4.69) is 27.6 Å². The fraction of sp³-hybridized carbons (Fsp3) is 0.444. The van der Waals surface area contributed by atoms with Crippen LogP contribution in [0.3, 0.4) is 0 Å². The zero-order valence-electron chi connectivity index (χ0n) is 14.6. The van der Waals surface area contributed by atoms with Crippen LogP contribution in [0.5, 0.6) is 0 Å². The molecular formula is C18H21N5O3. The summed E-state index contributed by atoms with van der Waals surface area (Å²) < 4.78 is 1.19. The highest BCUT2D eigenvalue weighted by atomic mass is 16.2. The highest BCUT2D eigenvalue weighted by molar-refractivity contribution is 5.99. The lowest BCUT2D eigenvalue weighted by atomic mass is 10.1. The molecule has 0 radical (unpaired) electrons. The van der Waals surface area contributed by atoms with Crippen LogP contribution >= 0.6 is 0 Å². The number of aromatic nitrogens is 2. The molecular weight excluding hydrogens is 334 g/mol. The third-order valence-electron chi connectivity index (χ3n) is 5.13. The first-order valence-corrected chi connectivity index (χ1v) is 8.87. The second kappa shape index (κ2) is 6.53. The van der Waals surface area contributed by atoms with E-state index in [-0.39, 0.29) is 17.9 Å². The Kier molecular flexibility index (Phi) is 4.20. The van der Waals surface area contributed by atoms with Crippen LogP contribution in [0.25, 0.3) is 10.8 Å². The third-order valence-corrected chi connectivity index (χ3v) is 5.13. The Hall–Kier alpha value is -2.74. The fourth-order valence-corrected chi connectivity index (χ4v) is 3.69. The van der Waals surface area contributed by atoms with Gasteiger partial charge in [-0.15, -0.1) is 0 Å². The molecule has 1 aromatic heterocycles. The van der Waals surface area contributed by atoms with E-state index in [0.717, 1.165) is 30.7 Å². The molecule has 3 heterocycles. The van der Waals surface area contributed by atoms with Crippen molar-refractivity contribution in [1.29, 1.82) is 0 Å². The lowest BCUT2D eigenvalue weighted by Crippen LogP contribution is -2.49. The van der Waals surface area contributed by atoms with E-state index in [0.29, 0.717) is 17.8 Å². The first-order chi connectivity index (χ1) is 12.5. The molecule has 1 unspecified atom stereocenters. The summed E-state index contributed by atoms with van der Waals surface area (Å²) in [6.07, 6.45) is 2.12. The number of nitrogens with zero attached hydrogens (tertiary/aromatic N) is 3. The van der Waals surface area contributed by atoms with Crippen molar-refractivity contribution in [2.24, 2.45) is 0 Å². The Balaban J connectivity index is 1.70. The van der Waals surface area contributed by atoms with Crippen LogP contribution < -0.4 is 21.1 Å². The molecule has 8 nitrogen and oxygen atoms in total. The molecule has 0 spiro atoms. The predicted octanol–water partition coefficient (Wildman–Crippen LogP) is 0.172. The zero-order valence-corrected chi connectivity index (χ0v) is 14.6. The molecule has 8 heteroatoms. The maximum absolute atomic E-state index is 12.8. The normalized spacial score (nSPS) is 24.0. The number of fused-ring (bicyclic) bond motifs is 1. The number of carbonyl (C=O) groups is 2. The van der Waals surface area contributed by atoms with Gasteiger partial charge in [-0.3, -0.25) is 19.7 Å². The Morgan fingerprint density at radius 1 is 1.23 bits per heavy atom. The van der Waals surface area contributed by atoms with Gasteiger partial charge in [0.15, 0.2) is 0 Å². The third kappa shape index (κ3) is 2.86. The number of amides is 2. The molecule has 2 fully saturated rings. The van der Waals surface area contributed by atoms with Gasteiger partial charge < -0.3 is 10.2 Å². The number of benzene rings is 1. The average Bonchev–Trinajstić information content (AvgIpc) is 2.63. The van der Waals surface area contributed by atoms with Gasteiger partial charge in [0.25, 0.3) is 11.5 Å². The van der Waals surface area contributed by atoms with Crippen molar-refractivity contribution < 1.29 is 9.59 Å². The highest BCUT2D eigenvalue weighted by Crippen LogP contribution is 2.23. The van der Waals surface area contributed by atoms with Gasteiger partial charge in [0.05, 0.1) is 11.6 Å². The minimum absolute atomic E-state index is 0.211. The second-order valence-electron chi connectivity index (χ2n) is 6.88. The first-order valence-electron chi connectivity index (χ1n) is 8.87. The van der Waals surface area contributed by atoms with E-state index >= 15 is 0 Å². The van der Waals surface area contributed by atoms with Gasteiger partial charge in [0.1, 0.15) is 6.04 Å². The standard InChI is InChI=1S/C18H21N5O3/c1-11-9-19-6-7-22(11)13-2-3-14-12(8-13)10-20-23(18(14)26)15-4-5-16(24)21-17(15)25/h2-3,8,10-11,15,19H,4-7,9H2,1H3,(H,21,24,25)/t11-,15?/m1/s1. The van der Waals surface area contributed by atoms with Gasteiger partial charge in [-0.1, -0.05) is 0 Å². The lowest BCUT2D eigenvalue weighted by Gasteiger charge is -2.36. The maximum Gasteiger partial charge on any atom is 0.275 e.